The Morgan fingerprint density at radius 3 is 3.09 bits per heavy atom. The lowest BCUT2D eigenvalue weighted by Gasteiger charge is -2.06. The molecule has 2 aromatic heterocycles. The van der Waals surface area contributed by atoms with Gasteiger partial charge in [-0.05, 0) is 24.5 Å². The summed E-state index contributed by atoms with van der Waals surface area (Å²) in [7, 11) is 0. The number of rotatable bonds is 5. The minimum absolute atomic E-state index is 0.141. The molecule has 1 amide bonds. The number of hydrogen-bond acceptors (Lipinski definition) is 6. The maximum Gasteiger partial charge on any atom is 0.277 e. The van der Waals surface area contributed by atoms with Gasteiger partial charge in [-0.2, -0.15) is 0 Å². The van der Waals surface area contributed by atoms with Crippen molar-refractivity contribution in [2.75, 3.05) is 17.3 Å². The van der Waals surface area contributed by atoms with Crippen LogP contribution in [0.1, 0.15) is 0 Å². The number of aromatic amines is 2. The molecule has 118 valence electrons. The number of nitrogens with zero attached hydrogens (tertiary/aromatic N) is 2. The second-order valence-corrected chi connectivity index (χ2v) is 6.38. The highest BCUT2D eigenvalue weighted by Crippen LogP contribution is 2.19. The summed E-state index contributed by atoms with van der Waals surface area (Å²) in [6.45, 7) is 0. The number of carbonyl (C=O) groups is 1. The number of H-pyrrole nitrogens is 2. The van der Waals surface area contributed by atoms with Gasteiger partial charge in [0, 0.05) is 10.6 Å². The fraction of sp³-hybridized carbons (Fsp3) is 0.143. The van der Waals surface area contributed by atoms with Crippen molar-refractivity contribution in [1.82, 2.24) is 19.9 Å². The number of anilines is 1. The molecule has 1 aromatic carbocycles. The zero-order valence-corrected chi connectivity index (χ0v) is 13.8. The van der Waals surface area contributed by atoms with Crippen LogP contribution >= 0.6 is 23.5 Å². The number of fused-ring (bicyclic) bond motifs is 1. The molecule has 0 spiro atoms. The van der Waals surface area contributed by atoms with E-state index in [2.05, 4.69) is 25.3 Å². The van der Waals surface area contributed by atoms with Crippen LogP contribution in [0.5, 0.6) is 0 Å². The summed E-state index contributed by atoms with van der Waals surface area (Å²) >= 11 is 2.76. The highest BCUT2D eigenvalue weighted by molar-refractivity contribution is 7.99. The van der Waals surface area contributed by atoms with Crippen molar-refractivity contribution in [2.45, 2.75) is 10.1 Å². The fourth-order valence-corrected chi connectivity index (χ4v) is 3.04. The Balaban J connectivity index is 1.64. The molecular formula is C14H13N5O2S2. The summed E-state index contributed by atoms with van der Waals surface area (Å²) in [5.41, 5.74) is 1.10. The molecule has 7 nitrogen and oxygen atoms in total. The average molecular weight is 347 g/mol. The number of amides is 1. The third-order valence-corrected chi connectivity index (χ3v) is 4.57. The van der Waals surface area contributed by atoms with E-state index in [1.807, 2.05) is 30.5 Å². The van der Waals surface area contributed by atoms with E-state index in [1.165, 1.54) is 6.33 Å². The van der Waals surface area contributed by atoms with Crippen LogP contribution in [0.25, 0.3) is 11.2 Å². The Hall–Kier alpha value is -2.26. The molecule has 0 aliphatic heterocycles. The largest absolute Gasteiger partial charge is 0.339 e. The molecule has 9 heteroatoms. The minimum atomic E-state index is -0.303. The molecule has 2 heterocycles. The van der Waals surface area contributed by atoms with Crippen LogP contribution in [0.15, 0.2) is 45.4 Å². The van der Waals surface area contributed by atoms with E-state index in [0.717, 1.165) is 22.3 Å². The third-order valence-electron chi connectivity index (χ3n) is 2.97. The van der Waals surface area contributed by atoms with Gasteiger partial charge in [0.15, 0.2) is 16.3 Å². The number of aromatic nitrogens is 4. The van der Waals surface area contributed by atoms with Gasteiger partial charge in [0.1, 0.15) is 0 Å². The van der Waals surface area contributed by atoms with E-state index in [1.54, 1.807) is 11.8 Å². The summed E-state index contributed by atoms with van der Waals surface area (Å²) in [5.74, 6) is -0.0273. The first-order chi connectivity index (χ1) is 11.2. The molecule has 0 aliphatic rings. The van der Waals surface area contributed by atoms with Crippen LogP contribution in [-0.4, -0.2) is 37.9 Å². The van der Waals surface area contributed by atoms with Gasteiger partial charge in [-0.3, -0.25) is 14.6 Å². The van der Waals surface area contributed by atoms with Gasteiger partial charge < -0.3 is 10.3 Å². The number of thioether (sulfide) groups is 2. The highest BCUT2D eigenvalue weighted by atomic mass is 32.2. The number of benzene rings is 1. The van der Waals surface area contributed by atoms with E-state index in [9.17, 15) is 9.59 Å². The molecule has 0 bridgehead atoms. The van der Waals surface area contributed by atoms with E-state index in [-0.39, 0.29) is 17.2 Å². The topological polar surface area (TPSA) is 104 Å². The van der Waals surface area contributed by atoms with E-state index < -0.39 is 0 Å². The Morgan fingerprint density at radius 2 is 2.26 bits per heavy atom. The molecule has 23 heavy (non-hydrogen) atoms. The van der Waals surface area contributed by atoms with Crippen LogP contribution in [0.4, 0.5) is 5.69 Å². The molecule has 0 unspecified atom stereocenters. The Morgan fingerprint density at radius 1 is 1.39 bits per heavy atom. The summed E-state index contributed by atoms with van der Waals surface area (Å²) in [6.07, 6.45) is 3.39. The molecule has 3 N–H and O–H groups in total. The maximum absolute atomic E-state index is 12.0. The molecule has 3 rings (SSSR count). The SMILES string of the molecule is CSc1cccc(NC(=O)CSc2nc3nc[nH]c3c(=O)[nH]2)c1. The van der Waals surface area contributed by atoms with Gasteiger partial charge in [0.05, 0.1) is 12.1 Å². The van der Waals surface area contributed by atoms with Gasteiger partial charge >= 0.3 is 0 Å². The van der Waals surface area contributed by atoms with E-state index in [4.69, 9.17) is 0 Å². The number of imidazole rings is 1. The first-order valence-corrected chi connectivity index (χ1v) is 8.87. The van der Waals surface area contributed by atoms with Crippen molar-refractivity contribution in [2.24, 2.45) is 0 Å². The maximum atomic E-state index is 12.0. The van der Waals surface area contributed by atoms with Crippen molar-refractivity contribution in [3.8, 4) is 0 Å². The minimum Gasteiger partial charge on any atom is -0.339 e. The Kier molecular flexibility index (Phi) is 4.68. The molecule has 0 atom stereocenters. The smallest absolute Gasteiger partial charge is 0.277 e. The van der Waals surface area contributed by atoms with Gasteiger partial charge in [0.25, 0.3) is 5.56 Å². The molecule has 0 aliphatic carbocycles. The summed E-state index contributed by atoms with van der Waals surface area (Å²) in [5, 5.41) is 3.18. The van der Waals surface area contributed by atoms with Gasteiger partial charge in [-0.25, -0.2) is 9.97 Å². The quantitative estimate of drug-likeness (QED) is 0.482. The van der Waals surface area contributed by atoms with Crippen molar-refractivity contribution in [3.63, 3.8) is 0 Å². The molecule has 0 fully saturated rings. The highest BCUT2D eigenvalue weighted by Gasteiger charge is 2.09. The zero-order valence-electron chi connectivity index (χ0n) is 12.1. The Labute approximate surface area is 139 Å². The van der Waals surface area contributed by atoms with E-state index >= 15 is 0 Å². The first-order valence-electron chi connectivity index (χ1n) is 6.66. The second-order valence-electron chi connectivity index (χ2n) is 4.54. The fourth-order valence-electron chi connectivity index (χ4n) is 1.92. The normalized spacial score (nSPS) is 10.8. The first kappa shape index (κ1) is 15.6. The summed E-state index contributed by atoms with van der Waals surface area (Å²) in [4.78, 5) is 38.3. The lowest BCUT2D eigenvalue weighted by atomic mass is 10.3. The van der Waals surface area contributed by atoms with Crippen LogP contribution < -0.4 is 10.9 Å². The third kappa shape index (κ3) is 3.74. The lowest BCUT2D eigenvalue weighted by molar-refractivity contribution is -0.113. The van der Waals surface area contributed by atoms with Crippen LogP contribution in [0.3, 0.4) is 0 Å². The second kappa shape index (κ2) is 6.88. The zero-order chi connectivity index (χ0) is 16.2. The number of hydrogen-bond donors (Lipinski definition) is 3. The number of nitrogens with one attached hydrogen (secondary N) is 3. The van der Waals surface area contributed by atoms with Gasteiger partial charge in [-0.15, -0.1) is 11.8 Å². The predicted octanol–water partition coefficient (Wildman–Crippen LogP) is 2.10. The summed E-state index contributed by atoms with van der Waals surface area (Å²) < 4.78 is 0. The van der Waals surface area contributed by atoms with Crippen molar-refractivity contribution in [3.05, 3.63) is 40.9 Å². The Bertz CT molecular complexity index is 905. The number of carbonyl (C=O) groups excluding carboxylic acids is 1. The van der Waals surface area contributed by atoms with Crippen molar-refractivity contribution < 1.29 is 4.79 Å². The molecule has 0 saturated carbocycles. The molecule has 0 saturated heterocycles. The van der Waals surface area contributed by atoms with Crippen molar-refractivity contribution in [1.29, 1.82) is 0 Å². The molecule has 0 radical (unpaired) electrons. The lowest BCUT2D eigenvalue weighted by Crippen LogP contribution is -2.15. The summed E-state index contributed by atoms with van der Waals surface area (Å²) in [6, 6.07) is 7.60. The van der Waals surface area contributed by atoms with Crippen LogP contribution in [0, 0.1) is 0 Å². The predicted molar refractivity (Wildman–Crippen MR) is 92.1 cm³/mol. The van der Waals surface area contributed by atoms with Gasteiger partial charge in [-0.1, -0.05) is 17.8 Å². The van der Waals surface area contributed by atoms with Crippen LogP contribution in [0.2, 0.25) is 0 Å². The van der Waals surface area contributed by atoms with E-state index in [0.29, 0.717) is 16.3 Å². The van der Waals surface area contributed by atoms with Crippen LogP contribution in [-0.2, 0) is 4.79 Å². The molecular weight excluding hydrogens is 334 g/mol. The van der Waals surface area contributed by atoms with Crippen molar-refractivity contribution >= 4 is 46.3 Å². The monoisotopic (exact) mass is 347 g/mol. The average Bonchev–Trinajstić information content (AvgIpc) is 3.02. The van der Waals surface area contributed by atoms with Gasteiger partial charge in [0.2, 0.25) is 5.91 Å². The molecule has 3 aromatic rings. The standard InChI is InChI=1S/C14H13N5O2S2/c1-22-9-4-2-3-8(5-9)17-10(20)6-23-14-18-12-11(13(21)19-14)15-7-16-12/h2-5,7H,6H2,1H3,(H,17,20)(H2,15,16,18,19,21).